The molecule has 0 radical (unpaired) electrons. The number of aryl methyl sites for hydroxylation is 1. The van der Waals surface area contributed by atoms with E-state index in [4.69, 9.17) is 9.84 Å². The van der Waals surface area contributed by atoms with Gasteiger partial charge in [0, 0.05) is 48.9 Å². The number of carboxylic acid groups (broad SMARTS) is 1. The lowest BCUT2D eigenvalue weighted by Crippen LogP contribution is -2.55. The molecule has 2 aromatic heterocycles. The number of thiophene rings is 1. The van der Waals surface area contributed by atoms with Crippen LogP contribution >= 0.6 is 11.3 Å². The summed E-state index contributed by atoms with van der Waals surface area (Å²) in [6.07, 6.45) is -3.30. The lowest BCUT2D eigenvalue weighted by atomic mass is 9.73. The molecule has 4 heterocycles. The van der Waals surface area contributed by atoms with E-state index in [0.29, 0.717) is 94.2 Å². The number of piperidine rings is 2. The van der Waals surface area contributed by atoms with Gasteiger partial charge in [-0.25, -0.2) is 0 Å². The molecule has 0 saturated carbocycles. The summed E-state index contributed by atoms with van der Waals surface area (Å²) in [5.74, 6) is -2.58. The third-order valence-electron chi connectivity index (χ3n) is 11.3. The number of carboxylic acids is 1. The number of nitrogens with zero attached hydrogens (tertiary/aromatic N) is 4. The predicted octanol–water partition coefficient (Wildman–Crippen LogP) is 9.76. The molecule has 0 aliphatic carbocycles. The number of pyridine rings is 1. The fourth-order valence-corrected chi connectivity index (χ4v) is 8.62. The van der Waals surface area contributed by atoms with Crippen molar-refractivity contribution in [2.24, 2.45) is 17.8 Å². The minimum atomic E-state index is -4.75. The van der Waals surface area contributed by atoms with Crippen LogP contribution in [0.2, 0.25) is 0 Å². The molecule has 0 bridgehead atoms. The van der Waals surface area contributed by atoms with E-state index in [9.17, 15) is 51.1 Å². The minimum Gasteiger partial charge on any atom is -0.507 e. The zero-order valence-corrected chi connectivity index (χ0v) is 34.9. The molecule has 2 amide bonds. The van der Waals surface area contributed by atoms with Gasteiger partial charge in [-0.05, 0) is 81.0 Å². The Hall–Kier alpha value is -4.85. The van der Waals surface area contributed by atoms with Crippen molar-refractivity contribution < 1.29 is 55.7 Å². The first-order valence-corrected chi connectivity index (χ1v) is 21.0. The fourth-order valence-electron chi connectivity index (χ4n) is 7.98. The number of ether oxygens (including phenoxy) is 1. The number of carbonyl (C=O) groups is 3. The molecule has 17 heteroatoms. The third-order valence-corrected chi connectivity index (χ3v) is 12.2. The van der Waals surface area contributed by atoms with Crippen LogP contribution in [-0.4, -0.2) is 75.1 Å². The molecule has 10 nitrogen and oxygen atoms in total. The van der Waals surface area contributed by atoms with Crippen LogP contribution in [0.3, 0.4) is 0 Å². The van der Waals surface area contributed by atoms with Crippen LogP contribution in [-0.2, 0) is 33.8 Å². The standard InChI is InChI=1S/C38H49F3N4O5.C5H3F3OS/c1-5-10-31-28(11-8-19-45(31)35(47)33-30(38(39,40)41)13-7-18-43-33)34(46)44-20-16-37(24-42,17-21-44)29-15-14-26(6-2)23-32(29)50-22-9-12-27(25(3)4)36(48)49;6-5(7,8)4-1-3(9)2-10-4/h7,13-15,18,23,25,27-28,31H,5-6,8-12,16-17,19-22H2,1-4H3,(H,48,49);1-2,9H. The zero-order valence-electron chi connectivity index (χ0n) is 34.1. The number of aliphatic carboxylic acids is 1. The molecular formula is C43H52F6N4O6S. The van der Waals surface area contributed by atoms with Crippen LogP contribution in [0.4, 0.5) is 26.3 Å². The number of benzene rings is 1. The first kappa shape index (κ1) is 47.8. The summed E-state index contributed by atoms with van der Waals surface area (Å²) in [7, 11) is 0. The number of likely N-dealkylation sites (tertiary alicyclic amines) is 2. The molecule has 2 aliphatic heterocycles. The summed E-state index contributed by atoms with van der Waals surface area (Å²) in [5.41, 5.74) is -0.865. The second-order valence-electron chi connectivity index (χ2n) is 15.6. The van der Waals surface area contributed by atoms with E-state index in [-0.39, 0.29) is 24.1 Å². The first-order chi connectivity index (χ1) is 28.3. The van der Waals surface area contributed by atoms with Gasteiger partial charge in [0.05, 0.1) is 35.5 Å². The molecule has 2 fully saturated rings. The van der Waals surface area contributed by atoms with Crippen molar-refractivity contribution >= 4 is 29.1 Å². The average molecular weight is 867 g/mol. The molecule has 3 unspecified atom stereocenters. The number of nitriles is 1. The number of amides is 2. The third kappa shape index (κ3) is 11.7. The van der Waals surface area contributed by atoms with Crippen molar-refractivity contribution in [3.8, 4) is 17.6 Å². The smallest absolute Gasteiger partial charge is 0.425 e. The number of hydrogen-bond donors (Lipinski definition) is 2. The topological polar surface area (TPSA) is 144 Å². The van der Waals surface area contributed by atoms with Crippen LogP contribution in [0.5, 0.6) is 11.5 Å². The second-order valence-corrected chi connectivity index (χ2v) is 16.5. The molecule has 2 aliphatic rings. The summed E-state index contributed by atoms with van der Waals surface area (Å²) < 4.78 is 82.7. The molecule has 5 rings (SSSR count). The van der Waals surface area contributed by atoms with Crippen LogP contribution in [0.1, 0.15) is 111 Å². The van der Waals surface area contributed by atoms with Gasteiger partial charge < -0.3 is 24.7 Å². The lowest BCUT2D eigenvalue weighted by Gasteiger charge is -2.44. The van der Waals surface area contributed by atoms with Crippen molar-refractivity contribution in [3.05, 3.63) is 75.2 Å². The van der Waals surface area contributed by atoms with E-state index < -0.39 is 63.7 Å². The Kier molecular flexibility index (Phi) is 16.4. The molecular weight excluding hydrogens is 815 g/mol. The Morgan fingerprint density at radius 1 is 1.05 bits per heavy atom. The zero-order chi connectivity index (χ0) is 44.4. The molecule has 3 atom stereocenters. The Morgan fingerprint density at radius 2 is 1.75 bits per heavy atom. The number of halogens is 6. The predicted molar refractivity (Wildman–Crippen MR) is 212 cm³/mol. The summed E-state index contributed by atoms with van der Waals surface area (Å²) in [6, 6.07) is 10.5. The van der Waals surface area contributed by atoms with Gasteiger partial charge in [-0.3, -0.25) is 19.4 Å². The largest absolute Gasteiger partial charge is 0.507 e. The molecule has 3 aromatic rings. The van der Waals surface area contributed by atoms with Crippen molar-refractivity contribution in [2.75, 3.05) is 26.2 Å². The maximum atomic E-state index is 14.1. The molecule has 2 saturated heterocycles. The maximum absolute atomic E-state index is 14.1. The Bertz CT molecular complexity index is 1970. The number of alkyl halides is 6. The molecule has 60 heavy (non-hydrogen) atoms. The van der Waals surface area contributed by atoms with E-state index in [0.717, 1.165) is 35.1 Å². The lowest BCUT2D eigenvalue weighted by molar-refractivity contribution is -0.143. The highest BCUT2D eigenvalue weighted by molar-refractivity contribution is 7.10. The second kappa shape index (κ2) is 20.6. The summed E-state index contributed by atoms with van der Waals surface area (Å²) in [6.45, 7) is 8.88. The summed E-state index contributed by atoms with van der Waals surface area (Å²) in [4.78, 5) is 45.6. The van der Waals surface area contributed by atoms with Crippen LogP contribution in [0, 0.1) is 29.1 Å². The van der Waals surface area contributed by atoms with Crippen LogP contribution < -0.4 is 4.74 Å². The minimum absolute atomic E-state index is 0.00114. The number of hydrogen-bond acceptors (Lipinski definition) is 8. The van der Waals surface area contributed by atoms with Gasteiger partial charge in [-0.1, -0.05) is 46.2 Å². The van der Waals surface area contributed by atoms with Crippen LogP contribution in [0.25, 0.3) is 0 Å². The van der Waals surface area contributed by atoms with E-state index >= 15 is 0 Å². The van der Waals surface area contributed by atoms with Gasteiger partial charge in [0.1, 0.15) is 22.1 Å². The van der Waals surface area contributed by atoms with Gasteiger partial charge in [-0.15, -0.1) is 11.3 Å². The highest BCUT2D eigenvalue weighted by atomic mass is 32.1. The van der Waals surface area contributed by atoms with Crippen LogP contribution in [0.15, 0.2) is 48.0 Å². The SMILES string of the molecule is CCCC1C(C(=O)N2CCC(C#N)(c3ccc(CC)cc3OCCCC(C(=O)O)C(C)C)CC2)CCCN1C(=O)c1ncccc1C(F)(F)F.Oc1csc(C(F)(F)F)c1. The highest BCUT2D eigenvalue weighted by Crippen LogP contribution is 2.42. The monoisotopic (exact) mass is 866 g/mol. The van der Waals surface area contributed by atoms with E-state index in [1.165, 1.54) is 11.1 Å². The summed E-state index contributed by atoms with van der Waals surface area (Å²) in [5, 5.41) is 29.7. The summed E-state index contributed by atoms with van der Waals surface area (Å²) >= 11 is 0.481. The first-order valence-electron chi connectivity index (χ1n) is 20.1. The normalized spacial score (nSPS) is 18.6. The van der Waals surface area contributed by atoms with E-state index in [1.807, 2.05) is 45.9 Å². The molecule has 1 aromatic carbocycles. The maximum Gasteiger partial charge on any atom is 0.425 e. The van der Waals surface area contributed by atoms with Gasteiger partial charge in [0.25, 0.3) is 5.91 Å². The number of aromatic nitrogens is 1. The Labute approximate surface area is 350 Å². The highest BCUT2D eigenvalue weighted by Gasteiger charge is 2.46. The van der Waals surface area contributed by atoms with Crippen molar-refractivity contribution in [1.29, 1.82) is 5.26 Å². The van der Waals surface area contributed by atoms with Crippen molar-refractivity contribution in [2.45, 2.75) is 109 Å². The van der Waals surface area contributed by atoms with Gasteiger partial charge in [0.2, 0.25) is 5.91 Å². The molecule has 2 N–H and O–H groups in total. The van der Waals surface area contributed by atoms with Crippen molar-refractivity contribution in [1.82, 2.24) is 14.8 Å². The van der Waals surface area contributed by atoms with Gasteiger partial charge in [0.15, 0.2) is 0 Å². The average Bonchev–Trinajstić information content (AvgIpc) is 3.67. The van der Waals surface area contributed by atoms with Crippen molar-refractivity contribution in [3.63, 3.8) is 0 Å². The van der Waals surface area contributed by atoms with Gasteiger partial charge >= 0.3 is 18.3 Å². The number of aromatic hydroxyl groups is 1. The van der Waals surface area contributed by atoms with Gasteiger partial charge in [-0.2, -0.15) is 31.6 Å². The number of carbonyl (C=O) groups excluding carboxylic acids is 2. The van der Waals surface area contributed by atoms with E-state index in [2.05, 4.69) is 11.1 Å². The Balaban J connectivity index is 0.000000693. The number of rotatable bonds is 13. The Morgan fingerprint density at radius 3 is 2.28 bits per heavy atom. The van der Waals surface area contributed by atoms with E-state index in [1.54, 1.807) is 4.90 Å². The molecule has 328 valence electrons. The quantitative estimate of drug-likeness (QED) is 0.128. The fraction of sp³-hybridized carbons (Fsp3) is 0.558. The molecule has 0 spiro atoms.